The molecule has 0 amide bonds. The SMILES string of the molecule is CCCCCCC/C=C\C/C=C\C/C=C\CCCCCCCCCCCCCCCCCCC(=O)OC(COC(=O)CCCCCCCCCCCCCCCCC/C=C\C/C=C\CCCCCCC)COP(=O)(O)OCC[N+](C)(C)C. The Kier molecular flexibility index (Phi) is 61.5. The van der Waals surface area contributed by atoms with Crippen LogP contribution in [0.3, 0.4) is 0 Å². The van der Waals surface area contributed by atoms with Gasteiger partial charge in [0.2, 0.25) is 0 Å². The molecule has 0 aliphatic heterocycles. The van der Waals surface area contributed by atoms with Crippen molar-refractivity contribution in [3.8, 4) is 0 Å². The van der Waals surface area contributed by atoms with Gasteiger partial charge in [-0.25, -0.2) is 4.57 Å². The van der Waals surface area contributed by atoms with Crippen molar-refractivity contribution in [1.29, 1.82) is 0 Å². The van der Waals surface area contributed by atoms with Crippen LogP contribution in [-0.2, 0) is 32.7 Å². The molecule has 0 saturated carbocycles. The van der Waals surface area contributed by atoms with Gasteiger partial charge in [-0.15, -0.1) is 0 Å². The number of hydrogen-bond acceptors (Lipinski definition) is 7. The highest BCUT2D eigenvalue weighted by Crippen LogP contribution is 2.43. The number of phosphoric ester groups is 1. The van der Waals surface area contributed by atoms with Gasteiger partial charge in [-0.2, -0.15) is 0 Å². The number of quaternary nitrogens is 1. The van der Waals surface area contributed by atoms with E-state index < -0.39 is 26.5 Å². The number of esters is 2. The monoisotopic (exact) mass is 1170 g/mol. The Bertz CT molecular complexity index is 1570. The molecule has 0 fully saturated rings. The molecular weight excluding hydrogens is 1040 g/mol. The average molecular weight is 1170 g/mol. The van der Waals surface area contributed by atoms with Gasteiger partial charge in [0.15, 0.2) is 6.10 Å². The van der Waals surface area contributed by atoms with E-state index in [4.69, 9.17) is 18.5 Å². The first kappa shape index (κ1) is 79.7. The van der Waals surface area contributed by atoms with Crippen molar-refractivity contribution in [2.45, 2.75) is 341 Å². The minimum absolute atomic E-state index is 0.0321. The first-order chi connectivity index (χ1) is 40.0. The summed E-state index contributed by atoms with van der Waals surface area (Å²) in [6.45, 7) is 4.46. The molecule has 0 aromatic carbocycles. The Morgan fingerprint density at radius 3 is 0.976 bits per heavy atom. The number of allylic oxidation sites excluding steroid dienone is 10. The summed E-state index contributed by atoms with van der Waals surface area (Å²) in [4.78, 5) is 35.9. The molecule has 480 valence electrons. The first-order valence-corrected chi connectivity index (χ1v) is 36.5. The van der Waals surface area contributed by atoms with E-state index >= 15 is 0 Å². The lowest BCUT2D eigenvalue weighted by Crippen LogP contribution is -2.37. The van der Waals surface area contributed by atoms with Crippen LogP contribution >= 0.6 is 7.82 Å². The third kappa shape index (κ3) is 66.8. The molecule has 0 aromatic rings. The second-order valence-electron chi connectivity index (χ2n) is 24.9. The summed E-state index contributed by atoms with van der Waals surface area (Å²) in [5.74, 6) is -0.783. The molecule has 0 radical (unpaired) electrons. The first-order valence-electron chi connectivity index (χ1n) is 35.0. The number of ether oxygens (including phenoxy) is 2. The molecule has 10 heteroatoms. The van der Waals surface area contributed by atoms with Crippen LogP contribution in [-0.4, -0.2) is 74.9 Å². The molecule has 0 bridgehead atoms. The highest BCUT2D eigenvalue weighted by Gasteiger charge is 2.27. The molecule has 9 nitrogen and oxygen atoms in total. The van der Waals surface area contributed by atoms with E-state index in [1.165, 1.54) is 250 Å². The predicted molar refractivity (Wildman–Crippen MR) is 353 cm³/mol. The van der Waals surface area contributed by atoms with Gasteiger partial charge in [-0.3, -0.25) is 18.6 Å². The molecule has 2 unspecified atom stereocenters. The van der Waals surface area contributed by atoms with Gasteiger partial charge in [0.1, 0.15) is 19.8 Å². The van der Waals surface area contributed by atoms with E-state index in [0.29, 0.717) is 23.9 Å². The van der Waals surface area contributed by atoms with Gasteiger partial charge < -0.3 is 18.9 Å². The van der Waals surface area contributed by atoms with Crippen LogP contribution < -0.4 is 0 Å². The Labute approximate surface area is 508 Å². The van der Waals surface area contributed by atoms with E-state index in [2.05, 4.69) is 74.6 Å². The Morgan fingerprint density at radius 2 is 0.659 bits per heavy atom. The molecule has 2 atom stereocenters. The van der Waals surface area contributed by atoms with Gasteiger partial charge in [-0.1, -0.05) is 299 Å². The molecule has 82 heavy (non-hydrogen) atoms. The van der Waals surface area contributed by atoms with E-state index in [-0.39, 0.29) is 25.6 Å². The van der Waals surface area contributed by atoms with Crippen LogP contribution in [0.25, 0.3) is 0 Å². The average Bonchev–Trinajstić information content (AvgIpc) is 3.46. The lowest BCUT2D eigenvalue weighted by Gasteiger charge is -2.24. The Morgan fingerprint density at radius 1 is 0.378 bits per heavy atom. The van der Waals surface area contributed by atoms with Crippen molar-refractivity contribution in [2.75, 3.05) is 47.5 Å². The normalized spacial score (nSPS) is 13.5. The summed E-state index contributed by atoms with van der Waals surface area (Å²) in [6, 6.07) is 0. The van der Waals surface area contributed by atoms with Crippen molar-refractivity contribution < 1.29 is 42.1 Å². The van der Waals surface area contributed by atoms with E-state index in [0.717, 1.165) is 51.4 Å². The summed E-state index contributed by atoms with van der Waals surface area (Å²) >= 11 is 0. The molecule has 0 aliphatic carbocycles. The second-order valence-corrected chi connectivity index (χ2v) is 26.4. The fourth-order valence-electron chi connectivity index (χ4n) is 10.1. The van der Waals surface area contributed by atoms with Gasteiger partial charge in [0.25, 0.3) is 0 Å². The third-order valence-corrected chi connectivity index (χ3v) is 16.5. The summed E-state index contributed by atoms with van der Waals surface area (Å²) < 4.78 is 34.7. The van der Waals surface area contributed by atoms with Crippen molar-refractivity contribution in [2.24, 2.45) is 0 Å². The number of carbonyl (C=O) groups is 2. The van der Waals surface area contributed by atoms with Crippen molar-refractivity contribution >= 4 is 19.8 Å². The largest absolute Gasteiger partial charge is 0.472 e. The number of nitrogens with zero attached hydrogens (tertiary/aromatic N) is 1. The highest BCUT2D eigenvalue weighted by molar-refractivity contribution is 7.47. The van der Waals surface area contributed by atoms with Crippen LogP contribution in [0.1, 0.15) is 335 Å². The molecule has 0 aromatic heterocycles. The number of likely N-dealkylation sites (N-methyl/N-ethyl adjacent to an activating group) is 1. The van der Waals surface area contributed by atoms with E-state index in [1.54, 1.807) is 0 Å². The zero-order valence-corrected chi connectivity index (χ0v) is 55.6. The quantitative estimate of drug-likeness (QED) is 0.0211. The maximum atomic E-state index is 12.9. The fourth-order valence-corrected chi connectivity index (χ4v) is 10.9. The Hall–Kier alpha value is -2.29. The number of phosphoric acid groups is 1. The van der Waals surface area contributed by atoms with Crippen LogP contribution in [0.4, 0.5) is 0 Å². The lowest BCUT2D eigenvalue weighted by atomic mass is 10.0. The zero-order valence-electron chi connectivity index (χ0n) is 54.7. The van der Waals surface area contributed by atoms with Gasteiger partial charge in [-0.05, 0) is 83.5 Å². The van der Waals surface area contributed by atoms with E-state index in [1.807, 2.05) is 21.1 Å². The van der Waals surface area contributed by atoms with E-state index in [9.17, 15) is 19.0 Å². The molecular formula is C72H135NO8P+. The van der Waals surface area contributed by atoms with Crippen molar-refractivity contribution in [1.82, 2.24) is 0 Å². The Balaban J connectivity index is 4.03. The smallest absolute Gasteiger partial charge is 0.462 e. The minimum atomic E-state index is -4.39. The maximum absolute atomic E-state index is 12.9. The zero-order chi connectivity index (χ0) is 59.8. The predicted octanol–water partition coefficient (Wildman–Crippen LogP) is 22.6. The molecule has 0 saturated heterocycles. The number of carbonyl (C=O) groups excluding carboxylic acids is 2. The van der Waals surface area contributed by atoms with Gasteiger partial charge >= 0.3 is 19.8 Å². The summed E-state index contributed by atoms with van der Waals surface area (Å²) in [6.07, 6.45) is 83.2. The highest BCUT2D eigenvalue weighted by atomic mass is 31.2. The maximum Gasteiger partial charge on any atom is 0.472 e. The van der Waals surface area contributed by atoms with Crippen LogP contribution in [0.2, 0.25) is 0 Å². The second kappa shape index (κ2) is 63.2. The third-order valence-electron chi connectivity index (χ3n) is 15.5. The lowest BCUT2D eigenvalue weighted by molar-refractivity contribution is -0.870. The minimum Gasteiger partial charge on any atom is -0.462 e. The number of rotatable bonds is 65. The van der Waals surface area contributed by atoms with Crippen LogP contribution in [0.5, 0.6) is 0 Å². The summed E-state index contributed by atoms with van der Waals surface area (Å²) in [5, 5.41) is 0. The van der Waals surface area contributed by atoms with Crippen LogP contribution in [0.15, 0.2) is 60.8 Å². The summed E-state index contributed by atoms with van der Waals surface area (Å²) in [5.41, 5.74) is 0. The van der Waals surface area contributed by atoms with Crippen LogP contribution in [0, 0.1) is 0 Å². The van der Waals surface area contributed by atoms with Crippen molar-refractivity contribution in [3.63, 3.8) is 0 Å². The van der Waals surface area contributed by atoms with Gasteiger partial charge in [0, 0.05) is 12.8 Å². The topological polar surface area (TPSA) is 108 Å². The molecule has 0 spiro atoms. The standard InChI is InChI=1S/C72H134NO8P/c1-6-8-10-12-14-16-18-20-22-24-26-28-30-32-34-35-36-37-39-41-43-45-47-49-51-53-55-57-59-61-63-65-72(75)81-70(69-80-82(76,77)79-67-66-73(3,4)5)68-78-71(74)64-62-60-58-56-54-52-50-48-46-44-42-40-38-33-31-29-27-25-23-21-19-17-15-13-11-9-7-2/h18-21,24-27,30,32,70H,6-17,22-23,28-29,31,33-69H2,1-5H3/p+1/b20-18-,21-19-,26-24-,27-25-,32-30-. The molecule has 0 heterocycles. The molecule has 0 rings (SSSR count). The molecule has 0 aliphatic rings. The number of hydrogen-bond donors (Lipinski definition) is 1. The number of unbranched alkanes of at least 4 members (excludes halogenated alkanes) is 41. The fraction of sp³-hybridized carbons (Fsp3) is 0.833. The summed E-state index contributed by atoms with van der Waals surface area (Å²) in [7, 11) is 1.49. The molecule has 1 N–H and O–H groups in total. The van der Waals surface area contributed by atoms with Crippen molar-refractivity contribution in [3.05, 3.63) is 60.8 Å². The van der Waals surface area contributed by atoms with Gasteiger partial charge in [0.05, 0.1) is 27.7 Å².